The van der Waals surface area contributed by atoms with Gasteiger partial charge in [0.2, 0.25) is 0 Å². The minimum atomic E-state index is -0.0347. The molecule has 0 atom stereocenters. The summed E-state index contributed by atoms with van der Waals surface area (Å²) in [6, 6.07) is 4.10. The minimum absolute atomic E-state index is 0.0347. The summed E-state index contributed by atoms with van der Waals surface area (Å²) >= 11 is 0. The van der Waals surface area contributed by atoms with Crippen molar-refractivity contribution >= 4 is 12.5 Å². The first-order chi connectivity index (χ1) is 6.22. The molecule has 0 heterocycles. The molecule has 0 saturated heterocycles. The Morgan fingerprint density at radius 2 is 1.85 bits per heavy atom. The van der Waals surface area contributed by atoms with Gasteiger partial charge in [-0.1, -0.05) is 0 Å². The molecule has 0 aromatic heterocycles. The van der Waals surface area contributed by atoms with Crippen molar-refractivity contribution in [2.75, 3.05) is 6.54 Å². The molecular weight excluding hydrogens is 170 g/mol. The van der Waals surface area contributed by atoms with Crippen molar-refractivity contribution in [2.24, 2.45) is 4.99 Å². The highest BCUT2D eigenvalue weighted by molar-refractivity contribution is 5.81. The van der Waals surface area contributed by atoms with Crippen molar-refractivity contribution in [1.82, 2.24) is 0 Å². The van der Waals surface area contributed by atoms with E-state index in [9.17, 15) is 4.79 Å². The second-order valence-electron chi connectivity index (χ2n) is 2.44. The number of hydrogen-bond donors (Lipinski definition) is 2. The number of carbonyl (C=O) groups excluding carboxylic acids is 1. The first-order valence-corrected chi connectivity index (χ1v) is 3.69. The lowest BCUT2D eigenvalue weighted by molar-refractivity contribution is -0.106. The Kier molecular flexibility index (Phi) is 3.03. The summed E-state index contributed by atoms with van der Waals surface area (Å²) in [5.74, 6) is -0.0693. The number of aromatic hydroxyl groups is 2. The largest absolute Gasteiger partial charge is 0.508 e. The van der Waals surface area contributed by atoms with Gasteiger partial charge in [0.25, 0.3) is 0 Å². The third kappa shape index (κ3) is 2.94. The van der Waals surface area contributed by atoms with Gasteiger partial charge < -0.3 is 15.0 Å². The maximum absolute atomic E-state index is 9.92. The summed E-state index contributed by atoms with van der Waals surface area (Å²) in [5.41, 5.74) is 0.555. The van der Waals surface area contributed by atoms with Crippen LogP contribution in [0.15, 0.2) is 23.2 Å². The first kappa shape index (κ1) is 9.25. The summed E-state index contributed by atoms with van der Waals surface area (Å²) in [4.78, 5) is 13.6. The maximum atomic E-state index is 9.92. The van der Waals surface area contributed by atoms with Gasteiger partial charge in [0.05, 0.1) is 6.54 Å². The monoisotopic (exact) mass is 179 g/mol. The molecule has 0 radical (unpaired) electrons. The van der Waals surface area contributed by atoms with Crippen molar-refractivity contribution in [3.8, 4) is 11.5 Å². The lowest BCUT2D eigenvalue weighted by Gasteiger charge is -1.96. The Balaban J connectivity index is 2.82. The molecule has 0 bridgehead atoms. The topological polar surface area (TPSA) is 69.9 Å². The Labute approximate surface area is 75.2 Å². The Morgan fingerprint density at radius 1 is 1.23 bits per heavy atom. The summed E-state index contributed by atoms with van der Waals surface area (Å²) in [5, 5.41) is 18.1. The number of nitrogens with zero attached hydrogens (tertiary/aromatic N) is 1. The van der Waals surface area contributed by atoms with Gasteiger partial charge in [-0.25, -0.2) is 0 Å². The molecule has 2 N–H and O–H groups in total. The van der Waals surface area contributed by atoms with Crippen LogP contribution in [0.2, 0.25) is 0 Å². The lowest BCUT2D eigenvalue weighted by atomic mass is 10.2. The molecule has 4 heteroatoms. The molecule has 0 aliphatic heterocycles. The molecule has 0 aliphatic carbocycles. The second kappa shape index (κ2) is 4.25. The fourth-order valence-electron chi connectivity index (χ4n) is 0.894. The average molecular weight is 179 g/mol. The van der Waals surface area contributed by atoms with E-state index in [1.54, 1.807) is 0 Å². The van der Waals surface area contributed by atoms with Crippen LogP contribution >= 0.6 is 0 Å². The zero-order chi connectivity index (χ0) is 9.68. The van der Waals surface area contributed by atoms with Crippen LogP contribution in [0.5, 0.6) is 11.5 Å². The van der Waals surface area contributed by atoms with Crippen molar-refractivity contribution in [1.29, 1.82) is 0 Å². The van der Waals surface area contributed by atoms with Crippen molar-refractivity contribution in [2.45, 2.75) is 0 Å². The SMILES string of the molecule is O=CC/N=C/c1cc(O)cc(O)c1. The molecule has 0 unspecified atom stereocenters. The molecule has 4 nitrogen and oxygen atoms in total. The Bertz CT molecular complexity index is 313. The van der Waals surface area contributed by atoms with Crippen LogP contribution in [-0.2, 0) is 4.79 Å². The molecule has 0 aliphatic rings. The van der Waals surface area contributed by atoms with Gasteiger partial charge >= 0.3 is 0 Å². The molecule has 68 valence electrons. The Hall–Kier alpha value is -1.84. The quantitative estimate of drug-likeness (QED) is 0.530. The standard InChI is InChI=1S/C9H9NO3/c11-2-1-10-6-7-3-8(12)5-9(13)4-7/h2-6,12-13H,1H2/b10-6+. The Morgan fingerprint density at radius 3 is 2.38 bits per heavy atom. The molecule has 0 fully saturated rings. The van der Waals surface area contributed by atoms with Gasteiger partial charge in [-0.05, 0) is 17.7 Å². The van der Waals surface area contributed by atoms with E-state index in [0.717, 1.165) is 0 Å². The number of phenols is 2. The fraction of sp³-hybridized carbons (Fsp3) is 0.111. The van der Waals surface area contributed by atoms with E-state index >= 15 is 0 Å². The number of rotatable bonds is 3. The first-order valence-electron chi connectivity index (χ1n) is 3.69. The fourth-order valence-corrected chi connectivity index (χ4v) is 0.894. The number of hydrogen-bond acceptors (Lipinski definition) is 4. The maximum Gasteiger partial charge on any atom is 0.141 e. The number of carbonyl (C=O) groups is 1. The molecule has 0 saturated carbocycles. The zero-order valence-electron chi connectivity index (χ0n) is 6.84. The van der Waals surface area contributed by atoms with Crippen LogP contribution in [0.4, 0.5) is 0 Å². The zero-order valence-corrected chi connectivity index (χ0v) is 6.84. The predicted octanol–water partition coefficient (Wildman–Crippen LogP) is 0.716. The van der Waals surface area contributed by atoms with E-state index in [1.807, 2.05) is 0 Å². The number of phenolic OH excluding ortho intramolecular Hbond substituents is 2. The van der Waals surface area contributed by atoms with Crippen LogP contribution in [0.3, 0.4) is 0 Å². The van der Waals surface area contributed by atoms with Gasteiger partial charge in [0.1, 0.15) is 17.8 Å². The van der Waals surface area contributed by atoms with Crippen LogP contribution in [0.1, 0.15) is 5.56 Å². The van der Waals surface area contributed by atoms with Gasteiger partial charge in [0, 0.05) is 12.3 Å². The molecule has 13 heavy (non-hydrogen) atoms. The highest BCUT2D eigenvalue weighted by Gasteiger charge is 1.95. The summed E-state index contributed by atoms with van der Waals surface area (Å²) in [7, 11) is 0. The van der Waals surface area contributed by atoms with Crippen LogP contribution in [0, 0.1) is 0 Å². The minimum Gasteiger partial charge on any atom is -0.508 e. The number of aldehydes is 1. The molecular formula is C9H9NO3. The van der Waals surface area contributed by atoms with Crippen LogP contribution < -0.4 is 0 Å². The van der Waals surface area contributed by atoms with Gasteiger partial charge in [0.15, 0.2) is 0 Å². The second-order valence-corrected chi connectivity index (χ2v) is 2.44. The van der Waals surface area contributed by atoms with E-state index in [0.29, 0.717) is 11.8 Å². The van der Waals surface area contributed by atoms with E-state index in [4.69, 9.17) is 10.2 Å². The van der Waals surface area contributed by atoms with Crippen LogP contribution in [0.25, 0.3) is 0 Å². The predicted molar refractivity (Wildman–Crippen MR) is 48.3 cm³/mol. The average Bonchev–Trinajstić information content (AvgIpc) is 2.03. The van der Waals surface area contributed by atoms with E-state index < -0.39 is 0 Å². The third-order valence-electron chi connectivity index (χ3n) is 1.35. The van der Waals surface area contributed by atoms with Gasteiger partial charge in [-0.2, -0.15) is 0 Å². The molecule has 1 rings (SSSR count). The molecule has 1 aromatic carbocycles. The van der Waals surface area contributed by atoms with Crippen molar-refractivity contribution in [3.05, 3.63) is 23.8 Å². The van der Waals surface area contributed by atoms with Gasteiger partial charge in [-0.15, -0.1) is 0 Å². The van der Waals surface area contributed by atoms with Crippen molar-refractivity contribution < 1.29 is 15.0 Å². The highest BCUT2D eigenvalue weighted by atomic mass is 16.3. The smallest absolute Gasteiger partial charge is 0.141 e. The lowest BCUT2D eigenvalue weighted by Crippen LogP contribution is -1.84. The highest BCUT2D eigenvalue weighted by Crippen LogP contribution is 2.18. The normalized spacial score (nSPS) is 10.5. The van der Waals surface area contributed by atoms with E-state index in [2.05, 4.69) is 4.99 Å². The van der Waals surface area contributed by atoms with E-state index in [1.165, 1.54) is 24.4 Å². The number of aliphatic imine (C=N–C) groups is 1. The molecule has 0 spiro atoms. The summed E-state index contributed by atoms with van der Waals surface area (Å²) < 4.78 is 0. The van der Waals surface area contributed by atoms with Crippen LogP contribution in [-0.4, -0.2) is 29.3 Å². The van der Waals surface area contributed by atoms with Gasteiger partial charge in [-0.3, -0.25) is 4.99 Å². The molecule has 1 aromatic rings. The van der Waals surface area contributed by atoms with Crippen molar-refractivity contribution in [3.63, 3.8) is 0 Å². The third-order valence-corrected chi connectivity index (χ3v) is 1.35. The van der Waals surface area contributed by atoms with E-state index in [-0.39, 0.29) is 18.0 Å². The summed E-state index contributed by atoms with van der Waals surface area (Å²) in [6.45, 7) is 0.0798. The number of benzene rings is 1. The molecule has 0 amide bonds. The summed E-state index contributed by atoms with van der Waals surface area (Å²) in [6.07, 6.45) is 2.08.